The first-order valence-corrected chi connectivity index (χ1v) is 15.0. The number of amides is 2. The molecule has 3 aromatic rings. The lowest BCUT2D eigenvalue weighted by atomic mass is 10.1. The number of rotatable bonds is 13. The molecule has 1 atom stereocenters. The van der Waals surface area contributed by atoms with Crippen molar-refractivity contribution in [2.75, 3.05) is 17.4 Å². The largest absolute Gasteiger partial charge is 0.354 e. The van der Waals surface area contributed by atoms with Crippen molar-refractivity contribution in [1.82, 2.24) is 10.2 Å². The quantitative estimate of drug-likeness (QED) is 0.251. The standard InChI is InChI=1S/C29H33Cl2N3O4S/c1-3-5-18-32-29(36)26(4-2)33(20-22-12-8-6-9-13-22)28(35)21-34(27-19-23(30)16-17-25(27)31)39(37,38)24-14-10-7-11-15-24/h6-17,19,26H,3-5,18,20-21H2,1-2H3,(H,32,36). The van der Waals surface area contributed by atoms with Crippen molar-refractivity contribution >= 4 is 50.7 Å². The van der Waals surface area contributed by atoms with E-state index >= 15 is 0 Å². The van der Waals surface area contributed by atoms with E-state index in [1.165, 1.54) is 35.2 Å². The van der Waals surface area contributed by atoms with Crippen LogP contribution in [0.15, 0.2) is 83.8 Å². The van der Waals surface area contributed by atoms with Gasteiger partial charge in [0.15, 0.2) is 0 Å². The number of carbonyl (C=O) groups excluding carboxylic acids is 2. The van der Waals surface area contributed by atoms with Crippen LogP contribution in [-0.2, 0) is 26.2 Å². The van der Waals surface area contributed by atoms with E-state index in [2.05, 4.69) is 5.32 Å². The van der Waals surface area contributed by atoms with Gasteiger partial charge in [-0.05, 0) is 48.7 Å². The summed E-state index contributed by atoms with van der Waals surface area (Å²) in [4.78, 5) is 28.6. The van der Waals surface area contributed by atoms with Crippen LogP contribution < -0.4 is 9.62 Å². The van der Waals surface area contributed by atoms with E-state index in [0.29, 0.717) is 13.0 Å². The summed E-state index contributed by atoms with van der Waals surface area (Å²) < 4.78 is 28.6. The molecular formula is C29H33Cl2N3O4S. The second-order valence-electron chi connectivity index (χ2n) is 9.00. The number of sulfonamides is 1. The fourth-order valence-corrected chi connectivity index (χ4v) is 6.00. The van der Waals surface area contributed by atoms with Gasteiger partial charge in [-0.2, -0.15) is 0 Å². The first-order valence-electron chi connectivity index (χ1n) is 12.8. The number of anilines is 1. The molecule has 1 unspecified atom stereocenters. The fraction of sp³-hybridized carbons (Fsp3) is 0.310. The third kappa shape index (κ3) is 7.97. The van der Waals surface area contributed by atoms with E-state index in [1.807, 2.05) is 44.2 Å². The van der Waals surface area contributed by atoms with Gasteiger partial charge in [-0.15, -0.1) is 0 Å². The number of benzene rings is 3. The van der Waals surface area contributed by atoms with Crippen molar-refractivity contribution in [3.8, 4) is 0 Å². The molecule has 0 spiro atoms. The minimum atomic E-state index is -4.22. The molecule has 0 aliphatic heterocycles. The van der Waals surface area contributed by atoms with Crippen LogP contribution >= 0.6 is 23.2 Å². The van der Waals surface area contributed by atoms with E-state index < -0.39 is 28.5 Å². The molecule has 0 aliphatic carbocycles. The number of nitrogens with one attached hydrogen (secondary N) is 1. The van der Waals surface area contributed by atoms with Gasteiger partial charge in [0.2, 0.25) is 11.8 Å². The van der Waals surface area contributed by atoms with Crippen LogP contribution in [0.3, 0.4) is 0 Å². The molecule has 0 saturated carbocycles. The van der Waals surface area contributed by atoms with Crippen molar-refractivity contribution in [3.05, 3.63) is 94.5 Å². The van der Waals surface area contributed by atoms with Crippen LogP contribution in [0, 0.1) is 0 Å². The number of carbonyl (C=O) groups is 2. The van der Waals surface area contributed by atoms with Gasteiger partial charge < -0.3 is 10.2 Å². The van der Waals surface area contributed by atoms with E-state index in [-0.39, 0.29) is 33.1 Å². The Kier molecular flexibility index (Phi) is 11.2. The third-order valence-corrected chi connectivity index (χ3v) is 8.53. The molecule has 1 N–H and O–H groups in total. The van der Waals surface area contributed by atoms with Crippen LogP contribution in [0.1, 0.15) is 38.7 Å². The molecule has 0 aromatic heterocycles. The summed E-state index contributed by atoms with van der Waals surface area (Å²) in [6, 6.07) is 20.7. The van der Waals surface area contributed by atoms with E-state index in [0.717, 1.165) is 22.7 Å². The minimum absolute atomic E-state index is 0.00667. The molecule has 2 amide bonds. The SMILES string of the molecule is CCCCNC(=O)C(CC)N(Cc1ccccc1)C(=O)CN(c1cc(Cl)ccc1Cl)S(=O)(=O)c1ccccc1. The van der Waals surface area contributed by atoms with E-state index in [1.54, 1.807) is 18.2 Å². The third-order valence-electron chi connectivity index (χ3n) is 6.20. The molecule has 0 radical (unpaired) electrons. The van der Waals surface area contributed by atoms with Gasteiger partial charge in [0.1, 0.15) is 12.6 Å². The average Bonchev–Trinajstić information content (AvgIpc) is 2.94. The summed E-state index contributed by atoms with van der Waals surface area (Å²) in [5.74, 6) is -0.833. The predicted octanol–water partition coefficient (Wildman–Crippen LogP) is 5.91. The van der Waals surface area contributed by atoms with Gasteiger partial charge >= 0.3 is 0 Å². The van der Waals surface area contributed by atoms with Gasteiger partial charge in [0.05, 0.1) is 15.6 Å². The van der Waals surface area contributed by atoms with Crippen LogP contribution in [0.4, 0.5) is 5.69 Å². The molecule has 39 heavy (non-hydrogen) atoms. The zero-order valence-electron chi connectivity index (χ0n) is 22.0. The maximum Gasteiger partial charge on any atom is 0.264 e. The van der Waals surface area contributed by atoms with Crippen LogP contribution in [0.5, 0.6) is 0 Å². The Balaban J connectivity index is 2.05. The molecule has 0 aliphatic rings. The van der Waals surface area contributed by atoms with Gasteiger partial charge in [-0.25, -0.2) is 8.42 Å². The molecular weight excluding hydrogens is 557 g/mol. The van der Waals surface area contributed by atoms with E-state index in [4.69, 9.17) is 23.2 Å². The molecule has 3 aromatic carbocycles. The molecule has 3 rings (SSSR count). The zero-order chi connectivity index (χ0) is 28.4. The minimum Gasteiger partial charge on any atom is -0.354 e. The van der Waals surface area contributed by atoms with Gasteiger partial charge in [-0.1, -0.05) is 92.0 Å². The molecule has 0 bridgehead atoms. The topological polar surface area (TPSA) is 86.8 Å². The summed E-state index contributed by atoms with van der Waals surface area (Å²) in [6.45, 7) is 3.88. The summed E-state index contributed by atoms with van der Waals surface area (Å²) in [6.07, 6.45) is 2.07. The van der Waals surface area contributed by atoms with Crippen molar-refractivity contribution in [3.63, 3.8) is 0 Å². The summed E-state index contributed by atoms with van der Waals surface area (Å²) >= 11 is 12.6. The summed E-state index contributed by atoms with van der Waals surface area (Å²) in [7, 11) is -4.22. The average molecular weight is 591 g/mol. The van der Waals surface area contributed by atoms with Gasteiger partial charge in [0.25, 0.3) is 10.0 Å². The Morgan fingerprint density at radius 2 is 1.56 bits per heavy atom. The van der Waals surface area contributed by atoms with Crippen LogP contribution in [0.2, 0.25) is 10.0 Å². The number of nitrogens with zero attached hydrogens (tertiary/aromatic N) is 2. The summed E-state index contributed by atoms with van der Waals surface area (Å²) in [5.41, 5.74) is 0.880. The molecule has 208 valence electrons. The lowest BCUT2D eigenvalue weighted by Crippen LogP contribution is -2.52. The van der Waals surface area contributed by atoms with Crippen molar-refractivity contribution in [2.45, 2.75) is 50.6 Å². The Hall–Kier alpha value is -3.07. The van der Waals surface area contributed by atoms with E-state index in [9.17, 15) is 18.0 Å². The zero-order valence-corrected chi connectivity index (χ0v) is 24.3. The number of hydrogen-bond acceptors (Lipinski definition) is 4. The highest BCUT2D eigenvalue weighted by molar-refractivity contribution is 7.92. The first kappa shape index (κ1) is 30.5. The Morgan fingerprint density at radius 3 is 2.18 bits per heavy atom. The molecule has 0 saturated heterocycles. The lowest BCUT2D eigenvalue weighted by molar-refractivity contribution is -0.140. The number of unbranched alkanes of at least 4 members (excludes halogenated alkanes) is 1. The highest BCUT2D eigenvalue weighted by Gasteiger charge is 2.34. The summed E-state index contributed by atoms with van der Waals surface area (Å²) in [5, 5.41) is 3.29. The van der Waals surface area contributed by atoms with Crippen LogP contribution in [-0.4, -0.2) is 44.3 Å². The molecule has 0 heterocycles. The second kappa shape index (κ2) is 14.4. The predicted molar refractivity (Wildman–Crippen MR) is 156 cm³/mol. The fourth-order valence-electron chi connectivity index (χ4n) is 4.12. The molecule has 7 nitrogen and oxygen atoms in total. The highest BCUT2D eigenvalue weighted by atomic mass is 35.5. The molecule has 10 heteroatoms. The van der Waals surface area contributed by atoms with Gasteiger partial charge in [0, 0.05) is 18.1 Å². The maximum absolute atomic E-state index is 14.0. The van der Waals surface area contributed by atoms with Crippen LogP contribution in [0.25, 0.3) is 0 Å². The Morgan fingerprint density at radius 1 is 0.923 bits per heavy atom. The highest BCUT2D eigenvalue weighted by Crippen LogP contribution is 2.33. The number of hydrogen-bond donors (Lipinski definition) is 1. The Labute approximate surface area is 240 Å². The maximum atomic E-state index is 14.0. The smallest absolute Gasteiger partial charge is 0.264 e. The number of halogens is 2. The Bertz CT molecular complexity index is 1360. The first-order chi connectivity index (χ1) is 18.7. The monoisotopic (exact) mass is 589 g/mol. The second-order valence-corrected chi connectivity index (χ2v) is 11.7. The van der Waals surface area contributed by atoms with Gasteiger partial charge in [-0.3, -0.25) is 13.9 Å². The van der Waals surface area contributed by atoms with Crippen molar-refractivity contribution in [1.29, 1.82) is 0 Å². The normalized spacial score (nSPS) is 12.0. The molecule has 0 fully saturated rings. The van der Waals surface area contributed by atoms with Crippen molar-refractivity contribution < 1.29 is 18.0 Å². The van der Waals surface area contributed by atoms with Crippen molar-refractivity contribution in [2.24, 2.45) is 0 Å². The lowest BCUT2D eigenvalue weighted by Gasteiger charge is -2.33.